The van der Waals surface area contributed by atoms with Crippen LogP contribution in [0.15, 0.2) is 48.5 Å². The maximum Gasteiger partial charge on any atom is 0.228 e. The van der Waals surface area contributed by atoms with Crippen molar-refractivity contribution in [2.24, 2.45) is 5.92 Å². The van der Waals surface area contributed by atoms with Gasteiger partial charge in [0.1, 0.15) is 0 Å². The third kappa shape index (κ3) is 4.12. The van der Waals surface area contributed by atoms with Crippen molar-refractivity contribution in [1.29, 1.82) is 0 Å². The first-order valence-electron chi connectivity index (χ1n) is 9.53. The summed E-state index contributed by atoms with van der Waals surface area (Å²) in [5.41, 5.74) is 5.25. The molecule has 3 rings (SSSR count). The van der Waals surface area contributed by atoms with Gasteiger partial charge < -0.3 is 5.32 Å². The van der Waals surface area contributed by atoms with Crippen LogP contribution in [0.25, 0.3) is 0 Å². The second-order valence-corrected chi connectivity index (χ2v) is 7.60. The van der Waals surface area contributed by atoms with Crippen molar-refractivity contribution in [2.75, 3.05) is 0 Å². The number of carbonyl (C=O) groups is 1. The molecule has 0 aromatic heterocycles. The Kier molecular flexibility index (Phi) is 5.57. The zero-order chi connectivity index (χ0) is 17.8. The van der Waals surface area contributed by atoms with Gasteiger partial charge in [-0.1, -0.05) is 62.4 Å². The molecule has 0 saturated carbocycles. The third-order valence-electron chi connectivity index (χ3n) is 5.34. The zero-order valence-corrected chi connectivity index (χ0v) is 15.6. The zero-order valence-electron chi connectivity index (χ0n) is 15.6. The molecular weight excluding hydrogens is 306 g/mol. The van der Waals surface area contributed by atoms with Crippen molar-refractivity contribution in [3.8, 4) is 0 Å². The number of hydrogen-bond donors (Lipinski definition) is 1. The van der Waals surface area contributed by atoms with Gasteiger partial charge in [0.2, 0.25) is 5.91 Å². The SMILES string of the molecule is CC(C)[C@H](C(=O)N[C@@H](C)c1ccc2c(c1)CCCC2)c1ccccc1. The first kappa shape index (κ1) is 17.7. The topological polar surface area (TPSA) is 29.1 Å². The molecule has 0 saturated heterocycles. The first-order valence-corrected chi connectivity index (χ1v) is 9.53. The second kappa shape index (κ2) is 7.86. The number of benzene rings is 2. The summed E-state index contributed by atoms with van der Waals surface area (Å²) in [6.07, 6.45) is 4.94. The van der Waals surface area contributed by atoms with Crippen LogP contribution in [0.5, 0.6) is 0 Å². The fourth-order valence-corrected chi connectivity index (χ4v) is 3.91. The minimum Gasteiger partial charge on any atom is -0.349 e. The van der Waals surface area contributed by atoms with E-state index in [-0.39, 0.29) is 23.8 Å². The lowest BCUT2D eigenvalue weighted by Crippen LogP contribution is -2.34. The molecule has 1 amide bonds. The summed E-state index contributed by atoms with van der Waals surface area (Å²) in [5, 5.41) is 3.24. The van der Waals surface area contributed by atoms with Gasteiger partial charge in [-0.3, -0.25) is 4.79 Å². The normalized spacial score (nSPS) is 16.2. The van der Waals surface area contributed by atoms with Crippen LogP contribution in [0.1, 0.15) is 67.8 Å². The van der Waals surface area contributed by atoms with Crippen LogP contribution in [0.3, 0.4) is 0 Å². The summed E-state index contributed by atoms with van der Waals surface area (Å²) in [5.74, 6) is 0.269. The highest BCUT2D eigenvalue weighted by Gasteiger charge is 2.25. The maximum atomic E-state index is 12.9. The molecule has 132 valence electrons. The van der Waals surface area contributed by atoms with Gasteiger partial charge in [-0.25, -0.2) is 0 Å². The van der Waals surface area contributed by atoms with E-state index in [9.17, 15) is 4.79 Å². The fraction of sp³-hybridized carbons (Fsp3) is 0.435. The number of nitrogens with one attached hydrogen (secondary N) is 1. The van der Waals surface area contributed by atoms with Gasteiger partial charge in [0.05, 0.1) is 12.0 Å². The van der Waals surface area contributed by atoms with Gasteiger partial charge in [0, 0.05) is 0 Å². The van der Waals surface area contributed by atoms with Crippen LogP contribution >= 0.6 is 0 Å². The molecule has 0 bridgehead atoms. The third-order valence-corrected chi connectivity index (χ3v) is 5.34. The van der Waals surface area contributed by atoms with Gasteiger partial charge in [0.25, 0.3) is 0 Å². The summed E-state index contributed by atoms with van der Waals surface area (Å²) in [6, 6.07) is 16.9. The monoisotopic (exact) mass is 335 g/mol. The van der Waals surface area contributed by atoms with Crippen molar-refractivity contribution in [1.82, 2.24) is 5.32 Å². The summed E-state index contributed by atoms with van der Waals surface area (Å²) in [4.78, 5) is 12.9. The molecular formula is C23H29NO. The molecule has 2 atom stereocenters. The Morgan fingerprint density at radius 3 is 2.24 bits per heavy atom. The summed E-state index contributed by atoms with van der Waals surface area (Å²) >= 11 is 0. The molecule has 1 N–H and O–H groups in total. The molecule has 2 nitrogen and oxygen atoms in total. The minimum atomic E-state index is -0.110. The number of fused-ring (bicyclic) bond motifs is 1. The van der Waals surface area contributed by atoms with Crippen molar-refractivity contribution < 1.29 is 4.79 Å². The highest BCUT2D eigenvalue weighted by atomic mass is 16.1. The molecule has 0 radical (unpaired) electrons. The highest BCUT2D eigenvalue weighted by Crippen LogP contribution is 2.27. The second-order valence-electron chi connectivity index (χ2n) is 7.60. The van der Waals surface area contributed by atoms with Crippen LogP contribution < -0.4 is 5.32 Å². The summed E-state index contributed by atoms with van der Waals surface area (Å²) < 4.78 is 0. The van der Waals surface area contributed by atoms with E-state index < -0.39 is 0 Å². The van der Waals surface area contributed by atoms with E-state index in [1.54, 1.807) is 0 Å². The van der Waals surface area contributed by atoms with Gasteiger partial charge in [-0.05, 0) is 60.8 Å². The molecule has 0 heterocycles. The van der Waals surface area contributed by atoms with Gasteiger partial charge >= 0.3 is 0 Å². The van der Waals surface area contributed by atoms with Gasteiger partial charge in [0.15, 0.2) is 0 Å². The molecule has 25 heavy (non-hydrogen) atoms. The smallest absolute Gasteiger partial charge is 0.228 e. The van der Waals surface area contributed by atoms with Crippen molar-refractivity contribution >= 4 is 5.91 Å². The van der Waals surface area contributed by atoms with E-state index in [0.29, 0.717) is 0 Å². The van der Waals surface area contributed by atoms with Crippen LogP contribution in [0.2, 0.25) is 0 Å². The van der Waals surface area contributed by atoms with Crippen LogP contribution in [0, 0.1) is 5.92 Å². The molecule has 2 heteroatoms. The molecule has 2 aromatic rings. The van der Waals surface area contributed by atoms with E-state index in [0.717, 1.165) is 5.56 Å². The summed E-state index contributed by atoms with van der Waals surface area (Å²) in [6.45, 7) is 6.31. The van der Waals surface area contributed by atoms with Crippen molar-refractivity contribution in [2.45, 2.75) is 58.4 Å². The van der Waals surface area contributed by atoms with E-state index in [1.165, 1.54) is 42.4 Å². The molecule has 0 spiro atoms. The van der Waals surface area contributed by atoms with Gasteiger partial charge in [-0.15, -0.1) is 0 Å². The molecule has 0 unspecified atom stereocenters. The van der Waals surface area contributed by atoms with Crippen LogP contribution in [0.4, 0.5) is 0 Å². The minimum absolute atomic E-state index is 0.0321. The predicted molar refractivity (Wildman–Crippen MR) is 104 cm³/mol. The Morgan fingerprint density at radius 1 is 0.880 bits per heavy atom. The van der Waals surface area contributed by atoms with E-state index in [4.69, 9.17) is 0 Å². The molecule has 2 aromatic carbocycles. The predicted octanol–water partition coefficient (Wildman–Crippen LogP) is 5.18. The molecule has 1 aliphatic rings. The fourth-order valence-electron chi connectivity index (χ4n) is 3.91. The number of hydrogen-bond acceptors (Lipinski definition) is 1. The quantitative estimate of drug-likeness (QED) is 0.801. The van der Waals surface area contributed by atoms with Crippen molar-refractivity contribution in [3.63, 3.8) is 0 Å². The van der Waals surface area contributed by atoms with E-state index in [1.807, 2.05) is 30.3 Å². The Hall–Kier alpha value is -2.09. The average molecular weight is 335 g/mol. The number of aryl methyl sites for hydroxylation is 2. The largest absolute Gasteiger partial charge is 0.349 e. The number of rotatable bonds is 5. The number of carbonyl (C=O) groups excluding carboxylic acids is 1. The lowest BCUT2D eigenvalue weighted by atomic mass is 9.87. The highest BCUT2D eigenvalue weighted by molar-refractivity contribution is 5.84. The van der Waals surface area contributed by atoms with Crippen LogP contribution in [-0.4, -0.2) is 5.91 Å². The first-order chi connectivity index (χ1) is 12.1. The summed E-state index contributed by atoms with van der Waals surface area (Å²) in [7, 11) is 0. The Morgan fingerprint density at radius 2 is 1.56 bits per heavy atom. The van der Waals surface area contributed by atoms with Gasteiger partial charge in [-0.2, -0.15) is 0 Å². The molecule has 0 aliphatic heterocycles. The molecule has 1 aliphatic carbocycles. The standard InChI is InChI=1S/C23H29NO/c1-16(2)22(19-10-5-4-6-11-19)23(25)24-17(3)20-14-13-18-9-7-8-12-21(18)15-20/h4-6,10-11,13-17,22H,7-9,12H2,1-3H3,(H,24,25)/t17-,22-/m0/s1. The Labute approximate surface area is 151 Å². The maximum absolute atomic E-state index is 12.9. The Bertz CT molecular complexity index is 720. The molecule has 0 fully saturated rings. The average Bonchev–Trinajstić information content (AvgIpc) is 2.62. The lowest BCUT2D eigenvalue weighted by molar-refractivity contribution is -0.124. The van der Waals surface area contributed by atoms with E-state index >= 15 is 0 Å². The Balaban J connectivity index is 1.75. The lowest BCUT2D eigenvalue weighted by Gasteiger charge is -2.24. The van der Waals surface area contributed by atoms with Crippen LogP contribution in [-0.2, 0) is 17.6 Å². The van der Waals surface area contributed by atoms with E-state index in [2.05, 4.69) is 44.3 Å². The van der Waals surface area contributed by atoms with Crippen molar-refractivity contribution in [3.05, 3.63) is 70.8 Å². The number of amides is 1.